The summed E-state index contributed by atoms with van der Waals surface area (Å²) in [7, 11) is 0. The van der Waals surface area contributed by atoms with E-state index in [0.29, 0.717) is 49.6 Å². The average molecular weight is 464 g/mol. The third kappa shape index (κ3) is 4.78. The fourth-order valence-electron chi connectivity index (χ4n) is 3.72. The molecule has 2 aliphatic rings. The van der Waals surface area contributed by atoms with Crippen LogP contribution in [0.15, 0.2) is 82.9 Å². The molecule has 0 spiro atoms. The topological polar surface area (TPSA) is 109 Å². The maximum absolute atomic E-state index is 12.4. The molecule has 1 aromatic heterocycles. The molecular weight excluding hydrogens is 442 g/mol. The molecular formula is C23H22ClN7O2. The Morgan fingerprint density at radius 1 is 1.06 bits per heavy atom. The molecule has 0 amide bonds. The Labute approximate surface area is 196 Å². The van der Waals surface area contributed by atoms with Gasteiger partial charge in [-0.05, 0) is 16.8 Å². The van der Waals surface area contributed by atoms with Gasteiger partial charge in [0.25, 0.3) is 0 Å². The van der Waals surface area contributed by atoms with E-state index in [2.05, 4.69) is 20.0 Å². The van der Waals surface area contributed by atoms with Crippen molar-refractivity contribution in [2.45, 2.75) is 0 Å². The standard InChI is InChI=1S/C23H21N7O2.ClH/c24-23(28-20-14-25-8-9-26-20)30-12-10-29(11-13-30)15-19-22(31)32-21(27-19)18-7-3-5-16-4-1-2-6-17(16)18;/h1-9,14-15H,10-13H2,(H2,24,26,28);1H/b19-15+;. The highest BCUT2D eigenvalue weighted by atomic mass is 35.5. The number of carbonyl (C=O) groups excluding carboxylic acids is 1. The molecule has 2 aliphatic heterocycles. The molecule has 2 N–H and O–H groups in total. The molecule has 0 bridgehead atoms. The number of benzene rings is 2. The van der Waals surface area contributed by atoms with Crippen LogP contribution in [0.4, 0.5) is 5.82 Å². The van der Waals surface area contributed by atoms with Gasteiger partial charge in [0.05, 0.1) is 6.20 Å². The number of nitrogens with two attached hydrogens (primary N) is 1. The Kier molecular flexibility index (Phi) is 6.50. The summed E-state index contributed by atoms with van der Waals surface area (Å²) in [5.74, 6) is 0.754. The summed E-state index contributed by atoms with van der Waals surface area (Å²) < 4.78 is 5.49. The largest absolute Gasteiger partial charge is 0.402 e. The molecule has 0 atom stereocenters. The van der Waals surface area contributed by atoms with Crippen LogP contribution in [-0.2, 0) is 9.53 Å². The van der Waals surface area contributed by atoms with Crippen LogP contribution in [0.25, 0.3) is 10.8 Å². The molecule has 10 heteroatoms. The second kappa shape index (κ2) is 9.66. The van der Waals surface area contributed by atoms with Crippen molar-refractivity contribution in [3.05, 3.63) is 78.5 Å². The van der Waals surface area contributed by atoms with Crippen molar-refractivity contribution in [1.82, 2.24) is 19.8 Å². The zero-order valence-electron chi connectivity index (χ0n) is 17.7. The van der Waals surface area contributed by atoms with E-state index in [1.165, 1.54) is 0 Å². The Balaban J connectivity index is 0.00000259. The SMILES string of the molecule is Cl.NC(=Nc1cnccn1)N1CCN(/C=C2/N=C(c3cccc4ccccc34)OC2=O)CC1. The fourth-order valence-corrected chi connectivity index (χ4v) is 3.72. The number of aliphatic imine (C=N–C) groups is 2. The number of hydrogen-bond donors (Lipinski definition) is 1. The molecule has 0 radical (unpaired) electrons. The lowest BCUT2D eigenvalue weighted by atomic mass is 10.0. The minimum atomic E-state index is -0.445. The Hall–Kier alpha value is -3.98. The van der Waals surface area contributed by atoms with E-state index in [1.54, 1.807) is 24.8 Å². The molecule has 168 valence electrons. The van der Waals surface area contributed by atoms with E-state index < -0.39 is 5.97 Å². The zero-order valence-corrected chi connectivity index (χ0v) is 18.5. The number of aromatic nitrogens is 2. The lowest BCUT2D eigenvalue weighted by Gasteiger charge is -2.34. The van der Waals surface area contributed by atoms with Crippen molar-refractivity contribution in [2.24, 2.45) is 15.7 Å². The first-order valence-corrected chi connectivity index (χ1v) is 10.3. The van der Waals surface area contributed by atoms with Gasteiger partial charge in [-0.2, -0.15) is 4.99 Å². The Morgan fingerprint density at radius 2 is 1.85 bits per heavy atom. The maximum Gasteiger partial charge on any atom is 0.365 e. The summed E-state index contributed by atoms with van der Waals surface area (Å²) in [4.78, 5) is 33.4. The molecule has 5 rings (SSSR count). The molecule has 0 aliphatic carbocycles. The van der Waals surface area contributed by atoms with Gasteiger partial charge in [-0.15, -0.1) is 12.4 Å². The summed E-state index contributed by atoms with van der Waals surface area (Å²) in [6.07, 6.45) is 6.48. The van der Waals surface area contributed by atoms with Crippen molar-refractivity contribution >= 4 is 46.8 Å². The molecule has 2 aromatic carbocycles. The third-order valence-electron chi connectivity index (χ3n) is 5.36. The van der Waals surface area contributed by atoms with Crippen LogP contribution in [0.3, 0.4) is 0 Å². The van der Waals surface area contributed by atoms with Crippen molar-refractivity contribution in [1.29, 1.82) is 0 Å². The van der Waals surface area contributed by atoms with E-state index in [-0.39, 0.29) is 12.4 Å². The van der Waals surface area contributed by atoms with Crippen molar-refractivity contribution in [2.75, 3.05) is 26.2 Å². The monoisotopic (exact) mass is 463 g/mol. The lowest BCUT2D eigenvalue weighted by molar-refractivity contribution is -0.130. The number of fused-ring (bicyclic) bond motifs is 1. The molecule has 3 heterocycles. The molecule has 1 fully saturated rings. The number of esters is 1. The number of carbonyl (C=O) groups is 1. The number of piperazine rings is 1. The quantitative estimate of drug-likeness (QED) is 0.275. The first kappa shape index (κ1) is 22.2. The predicted molar refractivity (Wildman–Crippen MR) is 128 cm³/mol. The van der Waals surface area contributed by atoms with Gasteiger partial charge < -0.3 is 20.3 Å². The van der Waals surface area contributed by atoms with Crippen LogP contribution < -0.4 is 5.73 Å². The van der Waals surface area contributed by atoms with E-state index in [1.807, 2.05) is 52.3 Å². The summed E-state index contributed by atoms with van der Waals surface area (Å²) in [6.45, 7) is 2.67. The van der Waals surface area contributed by atoms with Crippen LogP contribution in [0.2, 0.25) is 0 Å². The first-order valence-electron chi connectivity index (χ1n) is 10.3. The highest BCUT2D eigenvalue weighted by Gasteiger charge is 2.27. The lowest BCUT2D eigenvalue weighted by Crippen LogP contribution is -2.49. The molecule has 3 aromatic rings. The van der Waals surface area contributed by atoms with Gasteiger partial charge >= 0.3 is 5.97 Å². The molecule has 0 unspecified atom stereocenters. The van der Waals surface area contributed by atoms with Crippen molar-refractivity contribution in [3.63, 3.8) is 0 Å². The van der Waals surface area contributed by atoms with Gasteiger partial charge in [0.15, 0.2) is 17.5 Å². The highest BCUT2D eigenvalue weighted by Crippen LogP contribution is 2.24. The number of ether oxygens (including phenoxy) is 1. The van der Waals surface area contributed by atoms with E-state index in [0.717, 1.165) is 16.3 Å². The van der Waals surface area contributed by atoms with Crippen molar-refractivity contribution in [3.8, 4) is 0 Å². The van der Waals surface area contributed by atoms with E-state index in [4.69, 9.17) is 10.5 Å². The van der Waals surface area contributed by atoms with Crippen LogP contribution in [0.5, 0.6) is 0 Å². The minimum absolute atomic E-state index is 0. The highest BCUT2D eigenvalue weighted by molar-refractivity contribution is 6.16. The summed E-state index contributed by atoms with van der Waals surface area (Å²) in [5, 5.41) is 2.06. The normalized spacial score (nSPS) is 17.7. The van der Waals surface area contributed by atoms with Gasteiger partial charge in [-0.1, -0.05) is 36.4 Å². The maximum atomic E-state index is 12.4. The van der Waals surface area contributed by atoms with Gasteiger partial charge in [0.2, 0.25) is 5.90 Å². The van der Waals surface area contributed by atoms with Crippen LogP contribution in [0.1, 0.15) is 5.56 Å². The molecule has 0 saturated carbocycles. The zero-order chi connectivity index (χ0) is 21.9. The molecule has 33 heavy (non-hydrogen) atoms. The van der Waals surface area contributed by atoms with E-state index >= 15 is 0 Å². The molecule has 9 nitrogen and oxygen atoms in total. The van der Waals surface area contributed by atoms with Crippen molar-refractivity contribution < 1.29 is 9.53 Å². The number of halogens is 1. The Morgan fingerprint density at radius 3 is 2.64 bits per heavy atom. The van der Waals surface area contributed by atoms with Crippen LogP contribution >= 0.6 is 12.4 Å². The van der Waals surface area contributed by atoms with Gasteiger partial charge in [0, 0.05) is 50.3 Å². The first-order chi connectivity index (χ1) is 15.7. The number of cyclic esters (lactones) is 1. The smallest absolute Gasteiger partial charge is 0.365 e. The fraction of sp³-hybridized carbons (Fsp3) is 0.174. The number of guanidine groups is 1. The van der Waals surface area contributed by atoms with Gasteiger partial charge in [0.1, 0.15) is 0 Å². The second-order valence-electron chi connectivity index (χ2n) is 7.40. The summed E-state index contributed by atoms with van der Waals surface area (Å²) >= 11 is 0. The van der Waals surface area contributed by atoms with Gasteiger partial charge in [-0.25, -0.2) is 14.8 Å². The molecule has 1 saturated heterocycles. The van der Waals surface area contributed by atoms with Gasteiger partial charge in [-0.3, -0.25) is 4.98 Å². The van der Waals surface area contributed by atoms with E-state index in [9.17, 15) is 4.79 Å². The number of rotatable bonds is 3. The second-order valence-corrected chi connectivity index (χ2v) is 7.40. The summed E-state index contributed by atoms with van der Waals surface area (Å²) in [5.41, 5.74) is 7.22. The van der Waals surface area contributed by atoms with Crippen LogP contribution in [0, 0.1) is 0 Å². The number of hydrogen-bond acceptors (Lipinski definition) is 7. The average Bonchev–Trinajstić information content (AvgIpc) is 3.19. The minimum Gasteiger partial charge on any atom is -0.402 e. The van der Waals surface area contributed by atoms with Crippen LogP contribution in [-0.4, -0.2) is 63.8 Å². The predicted octanol–water partition coefficient (Wildman–Crippen LogP) is 2.46. The summed E-state index contributed by atoms with van der Waals surface area (Å²) in [6, 6.07) is 13.8. The number of nitrogens with zero attached hydrogens (tertiary/aromatic N) is 6. The third-order valence-corrected chi connectivity index (χ3v) is 5.36. The Bertz CT molecular complexity index is 1250.